The fraction of sp³-hybridized carbons (Fsp3) is 0.429. The zero-order chi connectivity index (χ0) is 16.9. The highest BCUT2D eigenvalue weighted by molar-refractivity contribution is 6.02. The topological polar surface area (TPSA) is 111 Å². The number of ether oxygens (including phenoxy) is 1. The number of hydrogen-bond acceptors (Lipinski definition) is 5. The molecule has 0 aliphatic heterocycles. The molecule has 2 amide bonds. The van der Waals surface area contributed by atoms with Gasteiger partial charge in [0.15, 0.2) is 0 Å². The Balaban J connectivity index is 3.26. The van der Waals surface area contributed by atoms with Gasteiger partial charge in [-0.25, -0.2) is 9.59 Å². The number of carbonyl (C=O) groups is 2. The second-order valence-electron chi connectivity index (χ2n) is 4.92. The number of urea groups is 1. The summed E-state index contributed by atoms with van der Waals surface area (Å²) in [7, 11) is 0. The molecule has 2 N–H and O–H groups in total. The number of carbonyl (C=O) groups excluding carboxylic acids is 2. The summed E-state index contributed by atoms with van der Waals surface area (Å²) in [6.45, 7) is 6.89. The van der Waals surface area contributed by atoms with E-state index in [4.69, 9.17) is 4.74 Å². The van der Waals surface area contributed by atoms with Gasteiger partial charge in [-0.3, -0.25) is 10.1 Å². The van der Waals surface area contributed by atoms with Gasteiger partial charge in [-0.05, 0) is 33.3 Å². The first-order valence-corrected chi connectivity index (χ1v) is 6.79. The van der Waals surface area contributed by atoms with E-state index in [-0.39, 0.29) is 29.6 Å². The van der Waals surface area contributed by atoms with E-state index in [1.807, 2.05) is 0 Å². The van der Waals surface area contributed by atoms with Gasteiger partial charge in [-0.1, -0.05) is 0 Å². The lowest BCUT2D eigenvalue weighted by molar-refractivity contribution is -0.384. The van der Waals surface area contributed by atoms with E-state index < -0.39 is 16.9 Å². The van der Waals surface area contributed by atoms with E-state index in [2.05, 4.69) is 10.6 Å². The van der Waals surface area contributed by atoms with Crippen LogP contribution in [-0.4, -0.2) is 29.6 Å². The molecular weight excluding hydrogens is 290 g/mol. The predicted molar refractivity (Wildman–Crippen MR) is 81.1 cm³/mol. The fourth-order valence-corrected chi connectivity index (χ4v) is 1.87. The normalized spacial score (nSPS) is 10.2. The zero-order valence-electron chi connectivity index (χ0n) is 12.9. The molecule has 0 radical (unpaired) electrons. The maximum atomic E-state index is 12.0. The van der Waals surface area contributed by atoms with E-state index in [0.29, 0.717) is 5.56 Å². The third kappa shape index (κ3) is 4.44. The Morgan fingerprint density at radius 2 is 2.00 bits per heavy atom. The van der Waals surface area contributed by atoms with Gasteiger partial charge < -0.3 is 15.4 Å². The van der Waals surface area contributed by atoms with Crippen molar-refractivity contribution in [3.8, 4) is 0 Å². The van der Waals surface area contributed by atoms with Crippen LogP contribution in [0.4, 0.5) is 16.2 Å². The molecule has 1 aromatic carbocycles. The summed E-state index contributed by atoms with van der Waals surface area (Å²) in [5.41, 5.74) is 0.285. The van der Waals surface area contributed by atoms with E-state index in [9.17, 15) is 19.7 Å². The Bertz CT molecular complexity index is 598. The summed E-state index contributed by atoms with van der Waals surface area (Å²) in [5.74, 6) is -0.644. The molecule has 0 atom stereocenters. The van der Waals surface area contributed by atoms with Crippen molar-refractivity contribution in [2.45, 2.75) is 33.7 Å². The number of aryl methyl sites for hydroxylation is 1. The minimum Gasteiger partial charge on any atom is -0.462 e. The SMILES string of the molecule is CCOC(=O)c1c(C)cc([N+](=O)[O-])cc1NC(=O)NC(C)C. The summed E-state index contributed by atoms with van der Waals surface area (Å²) in [5, 5.41) is 16.0. The molecule has 1 rings (SSSR count). The first-order valence-electron chi connectivity index (χ1n) is 6.79. The average Bonchev–Trinajstić information content (AvgIpc) is 2.36. The van der Waals surface area contributed by atoms with Crippen molar-refractivity contribution < 1.29 is 19.2 Å². The maximum Gasteiger partial charge on any atom is 0.340 e. The van der Waals surface area contributed by atoms with Gasteiger partial charge in [0.2, 0.25) is 0 Å². The van der Waals surface area contributed by atoms with Crippen molar-refractivity contribution in [1.82, 2.24) is 5.32 Å². The fourth-order valence-electron chi connectivity index (χ4n) is 1.87. The number of non-ortho nitro benzene ring substituents is 1. The van der Waals surface area contributed by atoms with E-state index >= 15 is 0 Å². The molecule has 0 bridgehead atoms. The molecule has 0 aromatic heterocycles. The van der Waals surface area contributed by atoms with Crippen molar-refractivity contribution in [3.05, 3.63) is 33.4 Å². The predicted octanol–water partition coefficient (Wildman–Crippen LogP) is 2.61. The van der Waals surface area contributed by atoms with Crippen LogP contribution in [-0.2, 0) is 4.74 Å². The molecule has 0 heterocycles. The molecule has 0 unspecified atom stereocenters. The van der Waals surface area contributed by atoms with Crippen molar-refractivity contribution in [1.29, 1.82) is 0 Å². The van der Waals surface area contributed by atoms with Crippen LogP contribution in [0.1, 0.15) is 36.7 Å². The third-order valence-electron chi connectivity index (χ3n) is 2.68. The molecule has 22 heavy (non-hydrogen) atoms. The lowest BCUT2D eigenvalue weighted by atomic mass is 10.1. The van der Waals surface area contributed by atoms with Crippen LogP contribution in [0.3, 0.4) is 0 Å². The van der Waals surface area contributed by atoms with Gasteiger partial charge in [0, 0.05) is 18.2 Å². The highest BCUT2D eigenvalue weighted by Crippen LogP contribution is 2.27. The molecule has 120 valence electrons. The van der Waals surface area contributed by atoms with E-state index in [1.165, 1.54) is 6.07 Å². The third-order valence-corrected chi connectivity index (χ3v) is 2.68. The largest absolute Gasteiger partial charge is 0.462 e. The van der Waals surface area contributed by atoms with Crippen LogP contribution >= 0.6 is 0 Å². The van der Waals surface area contributed by atoms with Gasteiger partial charge in [0.25, 0.3) is 5.69 Å². The van der Waals surface area contributed by atoms with Crippen molar-refractivity contribution >= 4 is 23.4 Å². The van der Waals surface area contributed by atoms with Crippen LogP contribution < -0.4 is 10.6 Å². The molecule has 0 saturated heterocycles. The number of amides is 2. The molecular formula is C14H19N3O5. The van der Waals surface area contributed by atoms with E-state index in [1.54, 1.807) is 27.7 Å². The number of nitro benzene ring substituents is 1. The summed E-state index contributed by atoms with van der Waals surface area (Å²) in [4.78, 5) is 34.2. The van der Waals surface area contributed by atoms with Gasteiger partial charge in [0.1, 0.15) is 0 Å². The summed E-state index contributed by atoms with van der Waals surface area (Å²) in [6, 6.07) is 1.73. The quantitative estimate of drug-likeness (QED) is 0.493. The summed E-state index contributed by atoms with van der Waals surface area (Å²) >= 11 is 0. The Kier molecular flexibility index (Phi) is 5.85. The Hall–Kier alpha value is -2.64. The monoisotopic (exact) mass is 309 g/mol. The van der Waals surface area contributed by atoms with Gasteiger partial charge in [0.05, 0.1) is 22.8 Å². The standard InChI is InChI=1S/C14H19N3O5/c1-5-22-13(18)12-9(4)6-10(17(20)21)7-11(12)16-14(19)15-8(2)3/h6-8H,5H2,1-4H3,(H2,15,16,19). The molecule has 0 spiro atoms. The minimum absolute atomic E-state index is 0.0447. The van der Waals surface area contributed by atoms with E-state index in [0.717, 1.165) is 6.07 Å². The Morgan fingerprint density at radius 3 is 2.50 bits per heavy atom. The molecule has 0 fully saturated rings. The van der Waals surface area contributed by atoms with Crippen molar-refractivity contribution in [2.24, 2.45) is 0 Å². The first kappa shape index (κ1) is 17.4. The Morgan fingerprint density at radius 1 is 1.36 bits per heavy atom. The zero-order valence-corrected chi connectivity index (χ0v) is 12.9. The highest BCUT2D eigenvalue weighted by atomic mass is 16.6. The molecule has 0 aliphatic carbocycles. The van der Waals surface area contributed by atoms with Gasteiger partial charge >= 0.3 is 12.0 Å². The molecule has 1 aromatic rings. The number of esters is 1. The number of nitrogens with one attached hydrogen (secondary N) is 2. The second kappa shape index (κ2) is 7.39. The van der Waals surface area contributed by atoms with Crippen LogP contribution in [0.2, 0.25) is 0 Å². The highest BCUT2D eigenvalue weighted by Gasteiger charge is 2.22. The van der Waals surface area contributed by atoms with Crippen LogP contribution in [0.15, 0.2) is 12.1 Å². The second-order valence-corrected chi connectivity index (χ2v) is 4.92. The van der Waals surface area contributed by atoms with Crippen LogP contribution in [0, 0.1) is 17.0 Å². The molecule has 8 nitrogen and oxygen atoms in total. The molecule has 0 saturated carbocycles. The average molecular weight is 309 g/mol. The smallest absolute Gasteiger partial charge is 0.340 e. The van der Waals surface area contributed by atoms with Gasteiger partial charge in [-0.15, -0.1) is 0 Å². The van der Waals surface area contributed by atoms with Crippen LogP contribution in [0.25, 0.3) is 0 Å². The maximum absolute atomic E-state index is 12.0. The number of hydrogen-bond donors (Lipinski definition) is 2. The number of rotatable bonds is 5. The van der Waals surface area contributed by atoms with Crippen molar-refractivity contribution in [2.75, 3.05) is 11.9 Å². The lowest BCUT2D eigenvalue weighted by Crippen LogP contribution is -2.34. The lowest BCUT2D eigenvalue weighted by Gasteiger charge is -2.14. The minimum atomic E-state index is -0.644. The molecule has 0 aliphatic rings. The summed E-state index contributed by atoms with van der Waals surface area (Å²) < 4.78 is 4.93. The number of benzene rings is 1. The first-order chi connectivity index (χ1) is 10.3. The van der Waals surface area contributed by atoms with Crippen molar-refractivity contribution in [3.63, 3.8) is 0 Å². The van der Waals surface area contributed by atoms with Crippen LogP contribution in [0.5, 0.6) is 0 Å². The number of nitrogens with zero attached hydrogens (tertiary/aromatic N) is 1. The summed E-state index contributed by atoms with van der Waals surface area (Å²) in [6.07, 6.45) is 0. The van der Waals surface area contributed by atoms with Gasteiger partial charge in [-0.2, -0.15) is 0 Å². The molecule has 8 heteroatoms. The number of anilines is 1. The Labute approximate surface area is 128 Å². The number of nitro groups is 1.